The Balaban J connectivity index is 2.22. The molecule has 0 saturated heterocycles. The summed E-state index contributed by atoms with van der Waals surface area (Å²) in [6.07, 6.45) is 3.20. The first-order valence-electron chi connectivity index (χ1n) is 6.03. The van der Waals surface area contributed by atoms with E-state index in [2.05, 4.69) is 16.6 Å². The van der Waals surface area contributed by atoms with E-state index in [9.17, 15) is 8.42 Å². The number of benzene rings is 1. The average molecular weight is 266 g/mol. The minimum atomic E-state index is -3.43. The summed E-state index contributed by atoms with van der Waals surface area (Å²) in [5.41, 5.74) is 2.10. The predicted molar refractivity (Wildman–Crippen MR) is 73.2 cm³/mol. The summed E-state index contributed by atoms with van der Waals surface area (Å²) in [7, 11) is -3.43. The minimum absolute atomic E-state index is 0.140. The zero-order valence-electron chi connectivity index (χ0n) is 10.4. The number of hydrogen-bond donors (Lipinski definition) is 2. The molecule has 0 bridgehead atoms. The molecule has 0 aromatic heterocycles. The zero-order chi connectivity index (χ0) is 13.2. The largest absolute Gasteiger partial charge is 0.384 e. The third kappa shape index (κ3) is 2.73. The summed E-state index contributed by atoms with van der Waals surface area (Å²) in [5.74, 6) is 0. The van der Waals surface area contributed by atoms with Gasteiger partial charge in [0.2, 0.25) is 10.0 Å². The van der Waals surface area contributed by atoms with Crippen LogP contribution < -0.4 is 10.0 Å². The molecule has 98 valence electrons. The summed E-state index contributed by atoms with van der Waals surface area (Å²) >= 11 is 0. The van der Waals surface area contributed by atoms with Crippen LogP contribution in [0.1, 0.15) is 18.9 Å². The molecule has 1 heterocycles. The van der Waals surface area contributed by atoms with Gasteiger partial charge >= 0.3 is 0 Å². The van der Waals surface area contributed by atoms with Gasteiger partial charge in [0.1, 0.15) is 0 Å². The summed E-state index contributed by atoms with van der Waals surface area (Å²) in [4.78, 5) is 0.334. The van der Waals surface area contributed by atoms with Crippen LogP contribution >= 0.6 is 0 Å². The highest BCUT2D eigenvalue weighted by molar-refractivity contribution is 7.89. The standard InChI is InChI=1S/C13H18N2O2S/c1-3-4-10(2)15-18(16,17)12-5-6-13-11(9-12)7-8-14-13/h3,5-6,9-10,14-15H,1,4,7-8H2,2H3. The molecule has 2 rings (SSSR count). The van der Waals surface area contributed by atoms with Crippen molar-refractivity contribution in [1.82, 2.24) is 4.72 Å². The lowest BCUT2D eigenvalue weighted by Gasteiger charge is -2.13. The number of rotatable bonds is 5. The molecule has 0 radical (unpaired) electrons. The van der Waals surface area contributed by atoms with Gasteiger partial charge in [-0.3, -0.25) is 0 Å². The van der Waals surface area contributed by atoms with Gasteiger partial charge in [-0.1, -0.05) is 6.08 Å². The van der Waals surface area contributed by atoms with E-state index in [0.29, 0.717) is 11.3 Å². The maximum absolute atomic E-state index is 12.2. The Bertz CT molecular complexity index is 552. The highest BCUT2D eigenvalue weighted by Gasteiger charge is 2.19. The average Bonchev–Trinajstić information content (AvgIpc) is 2.75. The Morgan fingerprint density at radius 3 is 3.06 bits per heavy atom. The SMILES string of the molecule is C=CCC(C)NS(=O)(=O)c1ccc2c(c1)CCN2. The summed E-state index contributed by atoms with van der Waals surface area (Å²) in [5, 5.41) is 3.21. The highest BCUT2D eigenvalue weighted by Crippen LogP contribution is 2.25. The number of anilines is 1. The van der Waals surface area contributed by atoms with E-state index in [1.165, 1.54) is 0 Å². The van der Waals surface area contributed by atoms with E-state index in [4.69, 9.17) is 0 Å². The van der Waals surface area contributed by atoms with Gasteiger partial charge in [-0.15, -0.1) is 6.58 Å². The van der Waals surface area contributed by atoms with Crippen LogP contribution in [-0.2, 0) is 16.4 Å². The fourth-order valence-corrected chi connectivity index (χ4v) is 3.39. The topological polar surface area (TPSA) is 58.2 Å². The fraction of sp³-hybridized carbons (Fsp3) is 0.385. The summed E-state index contributed by atoms with van der Waals surface area (Å²) < 4.78 is 26.9. The van der Waals surface area contributed by atoms with Crippen molar-refractivity contribution in [2.24, 2.45) is 0 Å². The third-order valence-corrected chi connectivity index (χ3v) is 4.56. The summed E-state index contributed by atoms with van der Waals surface area (Å²) in [6.45, 7) is 6.31. The van der Waals surface area contributed by atoms with Gasteiger partial charge in [0, 0.05) is 18.3 Å². The second-order valence-corrected chi connectivity index (χ2v) is 6.26. The van der Waals surface area contributed by atoms with Crippen molar-refractivity contribution in [2.75, 3.05) is 11.9 Å². The Labute approximate surface area is 108 Å². The molecule has 2 N–H and O–H groups in total. The molecule has 1 aliphatic rings. The van der Waals surface area contributed by atoms with Gasteiger partial charge in [-0.2, -0.15) is 0 Å². The lowest BCUT2D eigenvalue weighted by molar-refractivity contribution is 0.562. The predicted octanol–water partition coefficient (Wildman–Crippen LogP) is 1.90. The van der Waals surface area contributed by atoms with Gasteiger partial charge in [-0.25, -0.2) is 13.1 Å². The molecule has 1 aromatic rings. The minimum Gasteiger partial charge on any atom is -0.384 e. The smallest absolute Gasteiger partial charge is 0.240 e. The van der Waals surface area contributed by atoms with E-state index >= 15 is 0 Å². The molecular formula is C13H18N2O2S. The lowest BCUT2D eigenvalue weighted by atomic mass is 10.2. The maximum atomic E-state index is 12.2. The molecule has 1 aromatic carbocycles. The van der Waals surface area contributed by atoms with Crippen LogP contribution in [-0.4, -0.2) is 21.0 Å². The van der Waals surface area contributed by atoms with E-state index in [0.717, 1.165) is 24.2 Å². The number of nitrogens with one attached hydrogen (secondary N) is 2. The molecule has 1 aliphatic heterocycles. The molecule has 0 saturated carbocycles. The molecule has 1 atom stereocenters. The van der Waals surface area contributed by atoms with Crippen LogP contribution in [0.25, 0.3) is 0 Å². The molecule has 0 spiro atoms. The molecule has 4 nitrogen and oxygen atoms in total. The molecule has 5 heteroatoms. The van der Waals surface area contributed by atoms with Crippen LogP contribution in [0, 0.1) is 0 Å². The molecule has 18 heavy (non-hydrogen) atoms. The second kappa shape index (κ2) is 5.12. The van der Waals surface area contributed by atoms with E-state index in [-0.39, 0.29) is 6.04 Å². The van der Waals surface area contributed by atoms with Crippen molar-refractivity contribution in [3.63, 3.8) is 0 Å². The van der Waals surface area contributed by atoms with Crippen molar-refractivity contribution < 1.29 is 8.42 Å². The van der Waals surface area contributed by atoms with Crippen LogP contribution in [0.4, 0.5) is 5.69 Å². The Morgan fingerprint density at radius 1 is 1.56 bits per heavy atom. The number of fused-ring (bicyclic) bond motifs is 1. The molecule has 0 fully saturated rings. The van der Waals surface area contributed by atoms with E-state index in [1.54, 1.807) is 18.2 Å². The van der Waals surface area contributed by atoms with Crippen molar-refractivity contribution in [3.8, 4) is 0 Å². The maximum Gasteiger partial charge on any atom is 0.240 e. The Morgan fingerprint density at radius 2 is 2.33 bits per heavy atom. The molecular weight excluding hydrogens is 248 g/mol. The lowest BCUT2D eigenvalue weighted by Crippen LogP contribution is -2.32. The second-order valence-electron chi connectivity index (χ2n) is 4.54. The van der Waals surface area contributed by atoms with Crippen molar-refractivity contribution in [1.29, 1.82) is 0 Å². The molecule has 1 unspecified atom stereocenters. The van der Waals surface area contributed by atoms with Gasteiger partial charge in [0.25, 0.3) is 0 Å². The molecule has 0 aliphatic carbocycles. The van der Waals surface area contributed by atoms with Gasteiger partial charge in [-0.05, 0) is 43.5 Å². The van der Waals surface area contributed by atoms with Gasteiger partial charge in [0.05, 0.1) is 4.90 Å². The van der Waals surface area contributed by atoms with E-state index in [1.807, 2.05) is 13.0 Å². The normalized spacial score (nSPS) is 15.8. The number of hydrogen-bond acceptors (Lipinski definition) is 3. The zero-order valence-corrected chi connectivity index (χ0v) is 11.3. The van der Waals surface area contributed by atoms with Crippen LogP contribution in [0.15, 0.2) is 35.7 Å². The fourth-order valence-electron chi connectivity index (χ4n) is 2.08. The summed E-state index contributed by atoms with van der Waals surface area (Å²) in [6, 6.07) is 5.08. The van der Waals surface area contributed by atoms with Crippen LogP contribution in [0.5, 0.6) is 0 Å². The first-order valence-corrected chi connectivity index (χ1v) is 7.51. The Hall–Kier alpha value is -1.33. The third-order valence-electron chi connectivity index (χ3n) is 2.97. The Kier molecular flexibility index (Phi) is 3.73. The first kappa shape index (κ1) is 13.1. The van der Waals surface area contributed by atoms with Crippen molar-refractivity contribution >= 4 is 15.7 Å². The van der Waals surface area contributed by atoms with Gasteiger partial charge in [0.15, 0.2) is 0 Å². The van der Waals surface area contributed by atoms with Crippen molar-refractivity contribution in [2.45, 2.75) is 30.7 Å². The van der Waals surface area contributed by atoms with Crippen LogP contribution in [0.3, 0.4) is 0 Å². The quantitative estimate of drug-likeness (QED) is 0.800. The molecule has 0 amide bonds. The van der Waals surface area contributed by atoms with Crippen molar-refractivity contribution in [3.05, 3.63) is 36.4 Å². The van der Waals surface area contributed by atoms with Gasteiger partial charge < -0.3 is 5.32 Å². The van der Waals surface area contributed by atoms with Crippen LogP contribution in [0.2, 0.25) is 0 Å². The van der Waals surface area contributed by atoms with E-state index < -0.39 is 10.0 Å². The first-order chi connectivity index (χ1) is 8.53. The highest BCUT2D eigenvalue weighted by atomic mass is 32.2. The monoisotopic (exact) mass is 266 g/mol. The number of sulfonamides is 1.